The Labute approximate surface area is 158 Å². The van der Waals surface area contributed by atoms with Crippen molar-refractivity contribution in [3.05, 3.63) is 52.2 Å². The minimum absolute atomic E-state index is 0.0669. The average Bonchev–Trinajstić information content (AvgIpc) is 3.14. The highest BCUT2D eigenvalue weighted by Gasteiger charge is 2.23. The highest BCUT2D eigenvalue weighted by molar-refractivity contribution is 7.98. The van der Waals surface area contributed by atoms with Gasteiger partial charge >= 0.3 is 0 Å². The number of hydrogen-bond acceptors (Lipinski definition) is 4. The van der Waals surface area contributed by atoms with Crippen LogP contribution in [0, 0.1) is 0 Å². The van der Waals surface area contributed by atoms with Gasteiger partial charge < -0.3 is 10.2 Å². The van der Waals surface area contributed by atoms with E-state index in [-0.39, 0.29) is 11.9 Å². The minimum Gasteiger partial charge on any atom is -0.349 e. The lowest BCUT2D eigenvalue weighted by atomic mass is 10.0. The number of carbonyl (C=O) groups is 1. The molecule has 1 amide bonds. The summed E-state index contributed by atoms with van der Waals surface area (Å²) in [4.78, 5) is 17.7. The molecule has 2 heterocycles. The normalized spacial score (nSPS) is 16.3. The van der Waals surface area contributed by atoms with E-state index in [2.05, 4.69) is 47.6 Å². The summed E-state index contributed by atoms with van der Waals surface area (Å²) in [6, 6.07) is 13.0. The van der Waals surface area contributed by atoms with Crippen molar-refractivity contribution in [2.24, 2.45) is 0 Å². The molecule has 0 saturated carbocycles. The van der Waals surface area contributed by atoms with Crippen molar-refractivity contribution in [2.45, 2.75) is 49.4 Å². The number of nitrogens with zero attached hydrogens (tertiary/aromatic N) is 1. The van der Waals surface area contributed by atoms with Gasteiger partial charge in [-0.1, -0.05) is 18.2 Å². The van der Waals surface area contributed by atoms with E-state index < -0.39 is 0 Å². The predicted molar refractivity (Wildman–Crippen MR) is 108 cm³/mol. The van der Waals surface area contributed by atoms with E-state index in [9.17, 15) is 4.79 Å². The van der Waals surface area contributed by atoms with Gasteiger partial charge in [0.05, 0.1) is 5.56 Å². The van der Waals surface area contributed by atoms with Crippen molar-refractivity contribution >= 4 is 29.0 Å². The first-order valence-corrected chi connectivity index (χ1v) is 10.8. The molecule has 1 N–H and O–H groups in total. The number of benzene rings is 1. The summed E-state index contributed by atoms with van der Waals surface area (Å²) in [7, 11) is 0. The lowest BCUT2D eigenvalue weighted by Crippen LogP contribution is -2.46. The molecule has 134 valence electrons. The molecule has 1 aromatic carbocycles. The van der Waals surface area contributed by atoms with Gasteiger partial charge in [0.1, 0.15) is 0 Å². The molecular weight excluding hydrogens is 348 g/mol. The number of hydrogen-bond donors (Lipinski definition) is 1. The number of nitrogens with one attached hydrogen (secondary N) is 1. The van der Waals surface area contributed by atoms with Gasteiger partial charge in [0.25, 0.3) is 5.91 Å². The number of carbonyl (C=O) groups excluding carboxylic acids is 1. The number of likely N-dealkylation sites (tertiary alicyclic amines) is 1. The molecule has 0 radical (unpaired) electrons. The Bertz CT molecular complexity index is 677. The van der Waals surface area contributed by atoms with Gasteiger partial charge in [-0.05, 0) is 50.3 Å². The third kappa shape index (κ3) is 5.09. The largest absolute Gasteiger partial charge is 0.349 e. The van der Waals surface area contributed by atoms with E-state index in [1.165, 1.54) is 4.88 Å². The van der Waals surface area contributed by atoms with Crippen LogP contribution in [-0.2, 0) is 5.75 Å². The zero-order valence-electron chi connectivity index (χ0n) is 14.9. The van der Waals surface area contributed by atoms with Gasteiger partial charge in [-0.15, -0.1) is 23.1 Å². The third-order valence-corrected chi connectivity index (χ3v) is 6.86. The van der Waals surface area contributed by atoms with Crippen LogP contribution in [0.25, 0.3) is 0 Å². The van der Waals surface area contributed by atoms with E-state index in [0.717, 1.165) is 42.1 Å². The monoisotopic (exact) mass is 374 g/mol. The maximum atomic E-state index is 12.8. The van der Waals surface area contributed by atoms with Crippen molar-refractivity contribution in [2.75, 3.05) is 13.1 Å². The molecule has 3 nitrogen and oxygen atoms in total. The number of piperidine rings is 1. The first kappa shape index (κ1) is 18.5. The lowest BCUT2D eigenvalue weighted by Gasteiger charge is -2.34. The Hall–Kier alpha value is -1.30. The van der Waals surface area contributed by atoms with Gasteiger partial charge in [-0.3, -0.25) is 4.79 Å². The van der Waals surface area contributed by atoms with Crippen LogP contribution in [0.4, 0.5) is 0 Å². The van der Waals surface area contributed by atoms with Gasteiger partial charge in [-0.2, -0.15) is 0 Å². The molecule has 0 aliphatic carbocycles. The van der Waals surface area contributed by atoms with Gasteiger partial charge in [0.2, 0.25) is 0 Å². The Morgan fingerprint density at radius 3 is 2.68 bits per heavy atom. The van der Waals surface area contributed by atoms with Crippen LogP contribution in [0.3, 0.4) is 0 Å². The van der Waals surface area contributed by atoms with Gasteiger partial charge in [0, 0.05) is 40.7 Å². The minimum atomic E-state index is 0.0669. The van der Waals surface area contributed by atoms with Crippen LogP contribution in [0.5, 0.6) is 0 Å². The average molecular weight is 375 g/mol. The number of thioether (sulfide) groups is 1. The predicted octanol–water partition coefficient (Wildman–Crippen LogP) is 4.64. The smallest absolute Gasteiger partial charge is 0.252 e. The topological polar surface area (TPSA) is 32.3 Å². The standard InChI is InChI=1S/C20H26N2OS2/c1-15(2)22-11-9-16(10-12-22)21-20(23)18-7-3-4-8-19(18)25-14-17-6-5-13-24-17/h3-8,13,15-16H,9-12,14H2,1-2H3,(H,21,23). The van der Waals surface area contributed by atoms with Gasteiger partial charge in [0.15, 0.2) is 0 Å². The molecule has 1 aromatic heterocycles. The second kappa shape index (κ2) is 8.88. The highest BCUT2D eigenvalue weighted by Crippen LogP contribution is 2.28. The van der Waals surface area contributed by atoms with E-state index in [4.69, 9.17) is 0 Å². The molecule has 5 heteroatoms. The van der Waals surface area contributed by atoms with E-state index >= 15 is 0 Å². The first-order valence-electron chi connectivity index (χ1n) is 8.92. The molecule has 1 aliphatic rings. The summed E-state index contributed by atoms with van der Waals surface area (Å²) in [5, 5.41) is 5.35. The maximum absolute atomic E-state index is 12.8. The molecule has 2 aromatic rings. The second-order valence-corrected chi connectivity index (χ2v) is 8.79. The van der Waals surface area contributed by atoms with Crippen molar-refractivity contribution in [3.63, 3.8) is 0 Å². The fourth-order valence-corrected chi connectivity index (χ4v) is 4.97. The Morgan fingerprint density at radius 2 is 2.00 bits per heavy atom. The second-order valence-electron chi connectivity index (χ2n) is 6.74. The summed E-state index contributed by atoms with van der Waals surface area (Å²) in [6.07, 6.45) is 2.07. The van der Waals surface area contributed by atoms with Gasteiger partial charge in [-0.25, -0.2) is 0 Å². The van der Waals surface area contributed by atoms with Crippen LogP contribution >= 0.6 is 23.1 Å². The van der Waals surface area contributed by atoms with Crippen LogP contribution in [0.2, 0.25) is 0 Å². The fourth-order valence-electron chi connectivity index (χ4n) is 3.15. The summed E-state index contributed by atoms with van der Waals surface area (Å²) in [5.74, 6) is 0.978. The van der Waals surface area contributed by atoms with Crippen LogP contribution in [0.15, 0.2) is 46.7 Å². The number of thiophene rings is 1. The van der Waals surface area contributed by atoms with Crippen molar-refractivity contribution < 1.29 is 4.79 Å². The van der Waals surface area contributed by atoms with Crippen LogP contribution in [0.1, 0.15) is 41.9 Å². The van der Waals surface area contributed by atoms with Crippen molar-refractivity contribution in [1.29, 1.82) is 0 Å². The summed E-state index contributed by atoms with van der Waals surface area (Å²) >= 11 is 3.50. The van der Waals surface area contributed by atoms with Crippen molar-refractivity contribution in [1.82, 2.24) is 10.2 Å². The summed E-state index contributed by atoms with van der Waals surface area (Å²) < 4.78 is 0. The van der Waals surface area contributed by atoms with Crippen LogP contribution < -0.4 is 5.32 Å². The molecule has 0 unspecified atom stereocenters. The Balaban J connectivity index is 1.58. The molecular formula is C20H26N2OS2. The van der Waals surface area contributed by atoms with E-state index in [0.29, 0.717) is 6.04 Å². The highest BCUT2D eigenvalue weighted by atomic mass is 32.2. The molecule has 1 fully saturated rings. The Morgan fingerprint density at radius 1 is 1.24 bits per heavy atom. The number of rotatable bonds is 6. The maximum Gasteiger partial charge on any atom is 0.252 e. The molecule has 0 spiro atoms. The molecule has 0 bridgehead atoms. The quantitative estimate of drug-likeness (QED) is 0.748. The SMILES string of the molecule is CC(C)N1CCC(NC(=O)c2ccccc2SCc2cccs2)CC1. The summed E-state index contributed by atoms with van der Waals surface area (Å²) in [6.45, 7) is 6.61. The van der Waals surface area contributed by atoms with Crippen LogP contribution in [-0.4, -0.2) is 36.0 Å². The summed E-state index contributed by atoms with van der Waals surface area (Å²) in [5.41, 5.74) is 0.801. The lowest BCUT2D eigenvalue weighted by molar-refractivity contribution is 0.0897. The molecule has 0 atom stereocenters. The Kier molecular flexibility index (Phi) is 6.57. The third-order valence-electron chi connectivity index (χ3n) is 4.68. The molecule has 25 heavy (non-hydrogen) atoms. The zero-order valence-corrected chi connectivity index (χ0v) is 16.5. The van der Waals surface area contributed by atoms with E-state index in [1.54, 1.807) is 23.1 Å². The molecule has 1 saturated heterocycles. The fraction of sp³-hybridized carbons (Fsp3) is 0.450. The van der Waals surface area contributed by atoms with Crippen molar-refractivity contribution in [3.8, 4) is 0 Å². The first-order chi connectivity index (χ1) is 12.1. The van der Waals surface area contributed by atoms with E-state index in [1.807, 2.05) is 18.2 Å². The molecule has 1 aliphatic heterocycles. The number of amides is 1. The molecule has 3 rings (SSSR count). The zero-order chi connectivity index (χ0) is 17.6.